The summed E-state index contributed by atoms with van der Waals surface area (Å²) in [5, 5.41) is 0. The molecule has 0 aliphatic carbocycles. The van der Waals surface area contributed by atoms with E-state index in [-0.39, 0.29) is 4.90 Å². The summed E-state index contributed by atoms with van der Waals surface area (Å²) in [4.78, 5) is 0.157. The SMILES string of the molecule is CSCC(C)CNS(=O)(=O)c1ccc(C)cc1N. The number of hydrogen-bond donors (Lipinski definition) is 2. The standard InChI is InChI=1S/C12H20N2O2S2/c1-9-4-5-12(11(13)6-9)18(15,16)14-7-10(2)8-17-3/h4-6,10,14H,7-8,13H2,1-3H3. The van der Waals surface area contributed by atoms with Crippen LogP contribution in [0.3, 0.4) is 0 Å². The Labute approximate surface area is 113 Å². The van der Waals surface area contributed by atoms with Crippen LogP contribution in [0.2, 0.25) is 0 Å². The molecule has 0 saturated heterocycles. The minimum atomic E-state index is -3.51. The molecule has 0 amide bonds. The largest absolute Gasteiger partial charge is 0.398 e. The van der Waals surface area contributed by atoms with Gasteiger partial charge in [-0.2, -0.15) is 11.8 Å². The highest BCUT2D eigenvalue weighted by Gasteiger charge is 2.17. The molecule has 4 nitrogen and oxygen atoms in total. The van der Waals surface area contributed by atoms with Gasteiger partial charge in [-0.25, -0.2) is 13.1 Å². The summed E-state index contributed by atoms with van der Waals surface area (Å²) >= 11 is 1.70. The van der Waals surface area contributed by atoms with Crippen molar-refractivity contribution in [1.82, 2.24) is 4.72 Å². The second-order valence-corrected chi connectivity index (χ2v) is 7.10. The number of nitrogens with one attached hydrogen (secondary N) is 1. The van der Waals surface area contributed by atoms with Gasteiger partial charge in [0, 0.05) is 6.54 Å². The Kier molecular flexibility index (Phi) is 5.49. The fourth-order valence-electron chi connectivity index (χ4n) is 1.59. The van der Waals surface area contributed by atoms with E-state index in [1.54, 1.807) is 30.0 Å². The summed E-state index contributed by atoms with van der Waals surface area (Å²) in [6.45, 7) is 4.31. The molecule has 1 rings (SSSR count). The average molecular weight is 288 g/mol. The van der Waals surface area contributed by atoms with Crippen LogP contribution in [0.25, 0.3) is 0 Å². The molecule has 1 aromatic carbocycles. The predicted molar refractivity (Wildman–Crippen MR) is 78.3 cm³/mol. The lowest BCUT2D eigenvalue weighted by Crippen LogP contribution is -2.29. The van der Waals surface area contributed by atoms with E-state index in [0.29, 0.717) is 18.2 Å². The van der Waals surface area contributed by atoms with Crippen LogP contribution in [-0.4, -0.2) is 27.0 Å². The summed E-state index contributed by atoms with van der Waals surface area (Å²) in [7, 11) is -3.51. The second-order valence-electron chi connectivity index (χ2n) is 4.45. The lowest BCUT2D eigenvalue weighted by atomic mass is 10.2. The Hall–Kier alpha value is -0.720. The van der Waals surface area contributed by atoms with Crippen molar-refractivity contribution in [2.75, 3.05) is 24.3 Å². The van der Waals surface area contributed by atoms with E-state index in [1.165, 1.54) is 0 Å². The van der Waals surface area contributed by atoms with E-state index in [4.69, 9.17) is 5.73 Å². The third kappa shape index (κ3) is 4.19. The lowest BCUT2D eigenvalue weighted by Gasteiger charge is -2.13. The minimum Gasteiger partial charge on any atom is -0.398 e. The molecule has 3 N–H and O–H groups in total. The van der Waals surface area contributed by atoms with Crippen LogP contribution in [0, 0.1) is 12.8 Å². The molecule has 0 aliphatic rings. The Balaban J connectivity index is 2.80. The molecule has 0 radical (unpaired) electrons. The van der Waals surface area contributed by atoms with Gasteiger partial charge in [-0.05, 0) is 42.5 Å². The summed E-state index contributed by atoms with van der Waals surface area (Å²) in [5.41, 5.74) is 6.99. The number of nitrogens with two attached hydrogens (primary N) is 1. The normalized spacial score (nSPS) is 13.5. The second kappa shape index (κ2) is 6.45. The van der Waals surface area contributed by atoms with Crippen LogP contribution >= 0.6 is 11.8 Å². The van der Waals surface area contributed by atoms with Crippen molar-refractivity contribution in [1.29, 1.82) is 0 Å². The lowest BCUT2D eigenvalue weighted by molar-refractivity contribution is 0.563. The van der Waals surface area contributed by atoms with Crippen molar-refractivity contribution < 1.29 is 8.42 Å². The van der Waals surface area contributed by atoms with Crippen molar-refractivity contribution in [3.63, 3.8) is 0 Å². The fourth-order valence-corrected chi connectivity index (χ4v) is 3.55. The molecule has 0 fully saturated rings. The molecule has 18 heavy (non-hydrogen) atoms. The fraction of sp³-hybridized carbons (Fsp3) is 0.500. The van der Waals surface area contributed by atoms with Gasteiger partial charge in [0.2, 0.25) is 10.0 Å². The van der Waals surface area contributed by atoms with Crippen LogP contribution in [-0.2, 0) is 10.0 Å². The third-order valence-corrected chi connectivity index (χ3v) is 4.93. The number of sulfonamides is 1. The van der Waals surface area contributed by atoms with Gasteiger partial charge >= 0.3 is 0 Å². The van der Waals surface area contributed by atoms with Crippen LogP contribution in [0.5, 0.6) is 0 Å². The van der Waals surface area contributed by atoms with Gasteiger partial charge in [0.1, 0.15) is 4.90 Å². The number of thioether (sulfide) groups is 1. The number of aryl methyl sites for hydroxylation is 1. The highest BCUT2D eigenvalue weighted by molar-refractivity contribution is 7.98. The number of benzene rings is 1. The number of nitrogen functional groups attached to an aromatic ring is 1. The van der Waals surface area contributed by atoms with Crippen LogP contribution in [0.4, 0.5) is 5.69 Å². The molecule has 1 aromatic rings. The van der Waals surface area contributed by atoms with Crippen LogP contribution < -0.4 is 10.5 Å². The maximum absolute atomic E-state index is 12.1. The summed E-state index contributed by atoms with van der Waals surface area (Å²) < 4.78 is 26.7. The quantitative estimate of drug-likeness (QED) is 0.784. The molecule has 0 heterocycles. The zero-order chi connectivity index (χ0) is 13.8. The predicted octanol–water partition coefficient (Wildman–Crippen LogP) is 1.85. The molecule has 0 saturated carbocycles. The summed E-state index contributed by atoms with van der Waals surface area (Å²) in [6.07, 6.45) is 2.00. The number of hydrogen-bond acceptors (Lipinski definition) is 4. The van der Waals surface area contributed by atoms with Gasteiger partial charge in [0.25, 0.3) is 0 Å². The van der Waals surface area contributed by atoms with E-state index < -0.39 is 10.0 Å². The Morgan fingerprint density at radius 1 is 1.44 bits per heavy atom. The first kappa shape index (κ1) is 15.3. The minimum absolute atomic E-state index is 0.157. The zero-order valence-corrected chi connectivity index (χ0v) is 12.6. The number of rotatable bonds is 6. The Morgan fingerprint density at radius 3 is 2.67 bits per heavy atom. The first-order valence-corrected chi connectivity index (χ1v) is 8.59. The first-order valence-electron chi connectivity index (χ1n) is 5.71. The van der Waals surface area contributed by atoms with Gasteiger partial charge in [0.05, 0.1) is 5.69 Å². The van der Waals surface area contributed by atoms with Crippen molar-refractivity contribution in [2.45, 2.75) is 18.7 Å². The van der Waals surface area contributed by atoms with Crippen molar-refractivity contribution in [3.05, 3.63) is 23.8 Å². The van der Waals surface area contributed by atoms with E-state index in [1.807, 2.05) is 20.1 Å². The summed E-state index contributed by atoms with van der Waals surface area (Å²) in [5.74, 6) is 1.22. The van der Waals surface area contributed by atoms with E-state index in [2.05, 4.69) is 4.72 Å². The maximum atomic E-state index is 12.1. The van der Waals surface area contributed by atoms with Gasteiger partial charge in [-0.3, -0.25) is 0 Å². The van der Waals surface area contributed by atoms with Crippen LogP contribution in [0.15, 0.2) is 23.1 Å². The van der Waals surface area contributed by atoms with Gasteiger partial charge in [0.15, 0.2) is 0 Å². The monoisotopic (exact) mass is 288 g/mol. The molecule has 102 valence electrons. The highest BCUT2D eigenvalue weighted by atomic mass is 32.2. The maximum Gasteiger partial charge on any atom is 0.242 e. The molecule has 0 bridgehead atoms. The van der Waals surface area contributed by atoms with Gasteiger partial charge in [-0.15, -0.1) is 0 Å². The van der Waals surface area contributed by atoms with E-state index in [9.17, 15) is 8.42 Å². The zero-order valence-electron chi connectivity index (χ0n) is 10.9. The smallest absolute Gasteiger partial charge is 0.242 e. The molecular weight excluding hydrogens is 268 g/mol. The topological polar surface area (TPSA) is 72.2 Å². The third-order valence-electron chi connectivity index (χ3n) is 2.53. The van der Waals surface area contributed by atoms with Crippen molar-refractivity contribution in [3.8, 4) is 0 Å². The first-order chi connectivity index (χ1) is 8.36. The molecule has 1 unspecified atom stereocenters. The molecule has 0 aliphatic heterocycles. The van der Waals surface area contributed by atoms with Crippen LogP contribution in [0.1, 0.15) is 12.5 Å². The molecule has 0 spiro atoms. The van der Waals surface area contributed by atoms with Gasteiger partial charge < -0.3 is 5.73 Å². The average Bonchev–Trinajstić information content (AvgIpc) is 2.26. The summed E-state index contributed by atoms with van der Waals surface area (Å²) in [6, 6.07) is 4.96. The molecule has 0 aromatic heterocycles. The molecule has 1 atom stereocenters. The van der Waals surface area contributed by atoms with Gasteiger partial charge in [-0.1, -0.05) is 13.0 Å². The Morgan fingerprint density at radius 2 is 2.11 bits per heavy atom. The molecule has 6 heteroatoms. The number of anilines is 1. The highest BCUT2D eigenvalue weighted by Crippen LogP contribution is 2.19. The van der Waals surface area contributed by atoms with Crippen molar-refractivity contribution in [2.24, 2.45) is 5.92 Å². The van der Waals surface area contributed by atoms with Crippen molar-refractivity contribution >= 4 is 27.5 Å². The van der Waals surface area contributed by atoms with E-state index in [0.717, 1.165) is 11.3 Å². The van der Waals surface area contributed by atoms with E-state index >= 15 is 0 Å². The molecular formula is C12H20N2O2S2. The Bertz CT molecular complexity index is 501.